The third kappa shape index (κ3) is 4.10. The van der Waals surface area contributed by atoms with Crippen molar-refractivity contribution in [2.75, 3.05) is 33.3 Å². The van der Waals surface area contributed by atoms with Gasteiger partial charge in [0.1, 0.15) is 0 Å². The zero-order valence-electron chi connectivity index (χ0n) is 17.5. The van der Waals surface area contributed by atoms with Gasteiger partial charge < -0.3 is 19.8 Å². The Bertz CT molecular complexity index is 734. The highest BCUT2D eigenvalue weighted by Gasteiger charge is 2.49. The maximum atomic E-state index is 13.0. The summed E-state index contributed by atoms with van der Waals surface area (Å²) in [6.07, 6.45) is 8.06. The van der Waals surface area contributed by atoms with Gasteiger partial charge in [-0.1, -0.05) is 18.9 Å². The van der Waals surface area contributed by atoms with Crippen molar-refractivity contribution in [3.63, 3.8) is 0 Å². The van der Waals surface area contributed by atoms with Crippen LogP contribution in [0.3, 0.4) is 0 Å². The van der Waals surface area contributed by atoms with Crippen molar-refractivity contribution in [2.24, 2.45) is 5.92 Å². The van der Waals surface area contributed by atoms with E-state index in [4.69, 9.17) is 4.74 Å². The number of methoxy groups -OCH3 is 1. The number of phenols is 1. The lowest BCUT2D eigenvalue weighted by Gasteiger charge is -2.52. The molecule has 3 fully saturated rings. The van der Waals surface area contributed by atoms with Gasteiger partial charge in [-0.15, -0.1) is 0 Å². The van der Waals surface area contributed by atoms with Gasteiger partial charge in [0.25, 0.3) is 0 Å². The molecule has 6 nitrogen and oxygen atoms in total. The average Bonchev–Trinajstić information content (AvgIpc) is 2.75. The normalized spacial score (nSPS) is 30.6. The number of amides is 1. The number of rotatable bonds is 4. The lowest BCUT2D eigenvalue weighted by atomic mass is 9.66. The standard InChI is InChI=1S/C23H34N2O4/c1-29-20-15-17(8-9-19(20)26)22-18-7-3-4-10-23(18,28)11-14-25(22)16-21(27)24-12-5-2-6-13-24/h8-9,15,18,22,26,28H,2-7,10-14,16H2,1H3/t18-,22-,23+/m1/s1. The van der Waals surface area contributed by atoms with Gasteiger partial charge >= 0.3 is 0 Å². The molecule has 4 rings (SSSR count). The fourth-order valence-corrected chi connectivity index (χ4v) is 5.66. The number of hydrogen-bond donors (Lipinski definition) is 2. The van der Waals surface area contributed by atoms with Crippen LogP contribution < -0.4 is 4.74 Å². The number of carbonyl (C=O) groups excluding carboxylic acids is 1. The minimum absolute atomic E-state index is 0.0442. The minimum Gasteiger partial charge on any atom is -0.504 e. The molecular weight excluding hydrogens is 368 g/mol. The second kappa shape index (κ2) is 8.52. The molecule has 0 bridgehead atoms. The molecule has 2 saturated heterocycles. The minimum atomic E-state index is -0.668. The third-order valence-electron chi connectivity index (χ3n) is 7.26. The molecule has 29 heavy (non-hydrogen) atoms. The predicted octanol–water partition coefficient (Wildman–Crippen LogP) is 3.08. The number of fused-ring (bicyclic) bond motifs is 1. The largest absolute Gasteiger partial charge is 0.504 e. The van der Waals surface area contributed by atoms with E-state index in [-0.39, 0.29) is 23.6 Å². The number of piperidine rings is 2. The highest BCUT2D eigenvalue weighted by molar-refractivity contribution is 5.78. The molecule has 0 aromatic heterocycles. The highest BCUT2D eigenvalue weighted by Crippen LogP contribution is 2.50. The number of hydrogen-bond acceptors (Lipinski definition) is 5. The van der Waals surface area contributed by atoms with Crippen LogP contribution in [0.1, 0.15) is 63.0 Å². The van der Waals surface area contributed by atoms with Crippen LogP contribution in [0.4, 0.5) is 0 Å². The molecule has 2 heterocycles. The Labute approximate surface area is 173 Å². The monoisotopic (exact) mass is 402 g/mol. The molecule has 3 aliphatic rings. The van der Waals surface area contributed by atoms with Crippen LogP contribution in [0.2, 0.25) is 0 Å². The summed E-state index contributed by atoms with van der Waals surface area (Å²) in [5.41, 5.74) is 0.342. The Morgan fingerprint density at radius 2 is 1.93 bits per heavy atom. The van der Waals surface area contributed by atoms with Crippen LogP contribution in [0.15, 0.2) is 18.2 Å². The van der Waals surface area contributed by atoms with Crippen molar-refractivity contribution in [3.8, 4) is 11.5 Å². The van der Waals surface area contributed by atoms with Gasteiger partial charge in [-0.25, -0.2) is 0 Å². The van der Waals surface area contributed by atoms with Crippen molar-refractivity contribution in [1.82, 2.24) is 9.80 Å². The fourth-order valence-electron chi connectivity index (χ4n) is 5.66. The number of nitrogens with zero attached hydrogens (tertiary/aromatic N) is 2. The first-order chi connectivity index (χ1) is 14.0. The van der Waals surface area contributed by atoms with E-state index in [2.05, 4.69) is 4.90 Å². The smallest absolute Gasteiger partial charge is 0.236 e. The molecular formula is C23H34N2O4. The summed E-state index contributed by atoms with van der Waals surface area (Å²) in [7, 11) is 1.55. The Morgan fingerprint density at radius 3 is 2.69 bits per heavy atom. The summed E-state index contributed by atoms with van der Waals surface area (Å²) >= 11 is 0. The number of aliphatic hydroxyl groups is 1. The van der Waals surface area contributed by atoms with Crippen LogP contribution in [-0.4, -0.2) is 64.8 Å². The van der Waals surface area contributed by atoms with Crippen molar-refractivity contribution >= 4 is 5.91 Å². The molecule has 1 aliphatic carbocycles. The van der Waals surface area contributed by atoms with E-state index in [1.807, 2.05) is 17.0 Å². The summed E-state index contributed by atoms with van der Waals surface area (Å²) < 4.78 is 5.34. The van der Waals surface area contributed by atoms with Gasteiger partial charge in [0.15, 0.2) is 11.5 Å². The predicted molar refractivity (Wildman–Crippen MR) is 111 cm³/mol. The molecule has 160 valence electrons. The van der Waals surface area contributed by atoms with Crippen molar-refractivity contribution in [1.29, 1.82) is 0 Å². The quantitative estimate of drug-likeness (QED) is 0.810. The van der Waals surface area contributed by atoms with E-state index in [1.165, 1.54) is 6.42 Å². The molecule has 1 saturated carbocycles. The summed E-state index contributed by atoms with van der Waals surface area (Å²) in [6.45, 7) is 2.82. The van der Waals surface area contributed by atoms with Crippen molar-refractivity contribution in [3.05, 3.63) is 23.8 Å². The zero-order chi connectivity index (χ0) is 20.4. The summed E-state index contributed by atoms with van der Waals surface area (Å²) in [6, 6.07) is 5.41. The lowest BCUT2D eigenvalue weighted by Crippen LogP contribution is -2.56. The van der Waals surface area contributed by atoms with E-state index in [9.17, 15) is 15.0 Å². The van der Waals surface area contributed by atoms with Crippen molar-refractivity contribution < 1.29 is 19.7 Å². The molecule has 0 unspecified atom stereocenters. The number of aromatic hydroxyl groups is 1. The second-order valence-corrected chi connectivity index (χ2v) is 8.99. The Kier molecular flexibility index (Phi) is 6.02. The van der Waals surface area contributed by atoms with Gasteiger partial charge in [-0.05, 0) is 56.2 Å². The van der Waals surface area contributed by atoms with E-state index in [0.29, 0.717) is 18.8 Å². The number of phenolic OH excluding ortho intramolecular Hbond substituents is 1. The van der Waals surface area contributed by atoms with Crippen LogP contribution in [-0.2, 0) is 4.79 Å². The number of carbonyl (C=O) groups is 1. The van der Waals surface area contributed by atoms with Gasteiger partial charge in [0.05, 0.1) is 19.3 Å². The van der Waals surface area contributed by atoms with Gasteiger partial charge in [-0.3, -0.25) is 9.69 Å². The molecule has 1 aromatic carbocycles. The fraction of sp³-hybridized carbons (Fsp3) is 0.696. The molecule has 2 aliphatic heterocycles. The highest BCUT2D eigenvalue weighted by atomic mass is 16.5. The van der Waals surface area contributed by atoms with Crippen LogP contribution in [0.5, 0.6) is 11.5 Å². The molecule has 6 heteroatoms. The lowest BCUT2D eigenvalue weighted by molar-refractivity contribution is -0.145. The molecule has 1 aromatic rings. The number of benzene rings is 1. The zero-order valence-corrected chi connectivity index (χ0v) is 17.5. The van der Waals surface area contributed by atoms with Crippen LogP contribution >= 0.6 is 0 Å². The maximum Gasteiger partial charge on any atom is 0.236 e. The van der Waals surface area contributed by atoms with E-state index < -0.39 is 5.60 Å². The molecule has 1 amide bonds. The van der Waals surface area contributed by atoms with Crippen molar-refractivity contribution in [2.45, 2.75) is 63.0 Å². The second-order valence-electron chi connectivity index (χ2n) is 8.99. The maximum absolute atomic E-state index is 13.0. The SMILES string of the molecule is COc1cc([C@@H]2[C@H]3CCCC[C@]3(O)CCN2CC(=O)N2CCCCC2)ccc1O. The van der Waals surface area contributed by atoms with Gasteiger partial charge in [0.2, 0.25) is 5.91 Å². The van der Waals surface area contributed by atoms with Gasteiger partial charge in [0, 0.05) is 31.6 Å². The third-order valence-corrected chi connectivity index (χ3v) is 7.26. The van der Waals surface area contributed by atoms with E-state index in [1.54, 1.807) is 13.2 Å². The number of likely N-dealkylation sites (tertiary alicyclic amines) is 2. The first kappa shape index (κ1) is 20.5. The molecule has 0 spiro atoms. The Hall–Kier alpha value is -1.79. The first-order valence-electron chi connectivity index (χ1n) is 11.1. The van der Waals surface area contributed by atoms with Crippen LogP contribution in [0, 0.1) is 5.92 Å². The van der Waals surface area contributed by atoms with E-state index >= 15 is 0 Å². The summed E-state index contributed by atoms with van der Waals surface area (Å²) in [5, 5.41) is 21.5. The molecule has 0 radical (unpaired) electrons. The Morgan fingerprint density at radius 1 is 1.14 bits per heavy atom. The topological polar surface area (TPSA) is 73.2 Å². The summed E-state index contributed by atoms with van der Waals surface area (Å²) in [5.74, 6) is 0.840. The number of ether oxygens (including phenoxy) is 1. The first-order valence-corrected chi connectivity index (χ1v) is 11.1. The Balaban J connectivity index is 1.63. The van der Waals surface area contributed by atoms with E-state index in [0.717, 1.165) is 63.6 Å². The molecule has 2 N–H and O–H groups in total. The average molecular weight is 403 g/mol. The van der Waals surface area contributed by atoms with Gasteiger partial charge in [-0.2, -0.15) is 0 Å². The summed E-state index contributed by atoms with van der Waals surface area (Å²) in [4.78, 5) is 17.3. The molecule has 3 atom stereocenters. The van der Waals surface area contributed by atoms with Crippen LogP contribution in [0.25, 0.3) is 0 Å².